The molecule has 0 saturated carbocycles. The van der Waals surface area contributed by atoms with Crippen LogP contribution in [0.5, 0.6) is 0 Å². The van der Waals surface area contributed by atoms with Crippen LogP contribution in [0.2, 0.25) is 5.02 Å². The van der Waals surface area contributed by atoms with Crippen molar-refractivity contribution in [2.24, 2.45) is 0 Å². The number of nitrogens with one attached hydrogen (secondary N) is 1. The van der Waals surface area contributed by atoms with E-state index < -0.39 is 4.92 Å². The van der Waals surface area contributed by atoms with Gasteiger partial charge in [0.1, 0.15) is 11.0 Å². The van der Waals surface area contributed by atoms with E-state index in [-0.39, 0.29) is 22.7 Å². The highest BCUT2D eigenvalue weighted by Crippen LogP contribution is 2.26. The van der Waals surface area contributed by atoms with Gasteiger partial charge in [-0.2, -0.15) is 9.78 Å². The molecule has 0 fully saturated rings. The van der Waals surface area contributed by atoms with E-state index in [4.69, 9.17) is 11.6 Å². The maximum atomic E-state index is 11.9. The summed E-state index contributed by atoms with van der Waals surface area (Å²) in [4.78, 5) is 22.1. The number of amides is 1. The molecule has 2 heterocycles. The number of nitrogens with zero attached hydrogens (tertiary/aromatic N) is 5. The van der Waals surface area contributed by atoms with E-state index in [1.807, 2.05) is 0 Å². The van der Waals surface area contributed by atoms with Crippen molar-refractivity contribution in [2.75, 3.05) is 6.54 Å². The highest BCUT2D eigenvalue weighted by molar-refractivity contribution is 9.10. The Hall–Kier alpha value is -1.94. The number of halogens is 2. The van der Waals surface area contributed by atoms with Crippen molar-refractivity contribution in [3.05, 3.63) is 37.7 Å². The minimum atomic E-state index is -0.597. The van der Waals surface area contributed by atoms with Crippen molar-refractivity contribution in [1.82, 2.24) is 24.9 Å². The molecule has 0 aliphatic heterocycles. The third-order valence-electron chi connectivity index (χ3n) is 3.07. The molecular formula is C12H14BrClN6O3. The maximum Gasteiger partial charge on any atom is 0.404 e. The molecule has 0 aliphatic carbocycles. The van der Waals surface area contributed by atoms with Gasteiger partial charge in [0.2, 0.25) is 5.91 Å². The summed E-state index contributed by atoms with van der Waals surface area (Å²) in [6.07, 6.45) is 3.93. The highest BCUT2D eigenvalue weighted by Gasteiger charge is 2.24. The number of aromatic nitrogens is 4. The zero-order chi connectivity index (χ0) is 17.0. The molecular weight excluding hydrogens is 392 g/mol. The van der Waals surface area contributed by atoms with Gasteiger partial charge in [0.05, 0.1) is 22.0 Å². The van der Waals surface area contributed by atoms with Crippen LogP contribution in [0, 0.1) is 17.0 Å². The fourth-order valence-corrected chi connectivity index (χ4v) is 2.49. The van der Waals surface area contributed by atoms with Crippen LogP contribution in [-0.4, -0.2) is 36.9 Å². The summed E-state index contributed by atoms with van der Waals surface area (Å²) in [7, 11) is 0. The van der Waals surface area contributed by atoms with Crippen LogP contribution in [0.15, 0.2) is 16.9 Å². The smallest absolute Gasteiger partial charge is 0.358 e. The molecule has 0 spiro atoms. The van der Waals surface area contributed by atoms with Crippen molar-refractivity contribution in [2.45, 2.75) is 26.4 Å². The van der Waals surface area contributed by atoms with Crippen LogP contribution in [0.4, 0.5) is 5.82 Å². The topological polar surface area (TPSA) is 108 Å². The molecule has 2 rings (SSSR count). The van der Waals surface area contributed by atoms with Gasteiger partial charge in [-0.3, -0.25) is 9.48 Å². The zero-order valence-corrected chi connectivity index (χ0v) is 14.5. The van der Waals surface area contributed by atoms with Gasteiger partial charge in [-0.15, -0.1) is 0 Å². The Morgan fingerprint density at radius 1 is 1.57 bits per heavy atom. The van der Waals surface area contributed by atoms with Crippen LogP contribution >= 0.6 is 27.5 Å². The van der Waals surface area contributed by atoms with Crippen molar-refractivity contribution >= 4 is 39.3 Å². The molecule has 1 amide bonds. The van der Waals surface area contributed by atoms with E-state index in [9.17, 15) is 14.9 Å². The summed E-state index contributed by atoms with van der Waals surface area (Å²) < 4.78 is 3.27. The fourth-order valence-electron chi connectivity index (χ4n) is 1.90. The Morgan fingerprint density at radius 2 is 2.30 bits per heavy atom. The van der Waals surface area contributed by atoms with E-state index in [1.165, 1.54) is 4.68 Å². The molecule has 2 aromatic heterocycles. The van der Waals surface area contributed by atoms with E-state index in [0.717, 1.165) is 0 Å². The molecule has 0 unspecified atom stereocenters. The Balaban J connectivity index is 1.81. The third-order valence-corrected chi connectivity index (χ3v) is 4.19. The lowest BCUT2D eigenvalue weighted by molar-refractivity contribution is -0.390. The predicted octanol–water partition coefficient (Wildman–Crippen LogP) is 1.92. The molecule has 11 heteroatoms. The van der Waals surface area contributed by atoms with Crippen LogP contribution in [0.25, 0.3) is 0 Å². The van der Waals surface area contributed by atoms with Crippen LogP contribution < -0.4 is 5.32 Å². The molecule has 0 bridgehead atoms. The van der Waals surface area contributed by atoms with Gasteiger partial charge in [0.25, 0.3) is 0 Å². The molecule has 23 heavy (non-hydrogen) atoms. The average Bonchev–Trinajstić information content (AvgIpc) is 3.02. The van der Waals surface area contributed by atoms with Gasteiger partial charge in [-0.25, -0.2) is 0 Å². The molecule has 2 aromatic rings. The first-order valence-electron chi connectivity index (χ1n) is 6.70. The Labute approximate surface area is 144 Å². The van der Waals surface area contributed by atoms with Gasteiger partial charge in [-0.1, -0.05) is 11.6 Å². The molecule has 124 valence electrons. The van der Waals surface area contributed by atoms with Gasteiger partial charge in [-0.05, 0) is 34.2 Å². The number of aryl methyl sites for hydroxylation is 1. The standard InChI is InChI=1S/C12H14BrClN6O3/c1-8-11(13)12(20(22)23)17-19(8)7-10(21)15-3-2-4-18-6-9(14)5-16-18/h5-6H,2-4,7H2,1H3,(H,15,21). The van der Waals surface area contributed by atoms with Gasteiger partial charge >= 0.3 is 5.82 Å². The number of rotatable bonds is 7. The summed E-state index contributed by atoms with van der Waals surface area (Å²) in [6, 6.07) is 0. The van der Waals surface area contributed by atoms with E-state index >= 15 is 0 Å². The van der Waals surface area contributed by atoms with Crippen LogP contribution in [0.1, 0.15) is 12.1 Å². The minimum Gasteiger partial charge on any atom is -0.358 e. The molecule has 0 aromatic carbocycles. The van der Waals surface area contributed by atoms with Crippen molar-refractivity contribution < 1.29 is 9.72 Å². The largest absolute Gasteiger partial charge is 0.404 e. The maximum absolute atomic E-state index is 11.9. The van der Waals surface area contributed by atoms with E-state index in [2.05, 4.69) is 31.4 Å². The molecule has 9 nitrogen and oxygen atoms in total. The third kappa shape index (κ3) is 4.52. The minimum absolute atomic E-state index is 0.0775. The molecule has 0 radical (unpaired) electrons. The van der Waals surface area contributed by atoms with E-state index in [1.54, 1.807) is 24.0 Å². The monoisotopic (exact) mass is 404 g/mol. The second-order valence-corrected chi connectivity index (χ2v) is 5.99. The Bertz CT molecular complexity index is 728. The highest BCUT2D eigenvalue weighted by atomic mass is 79.9. The Kier molecular flexibility index (Phi) is 5.72. The SMILES string of the molecule is Cc1c(Br)c([N+](=O)[O-])nn1CC(=O)NCCCn1cc(Cl)cn1. The van der Waals surface area contributed by atoms with Gasteiger partial charge in [0, 0.05) is 19.3 Å². The van der Waals surface area contributed by atoms with E-state index in [0.29, 0.717) is 30.2 Å². The lowest BCUT2D eigenvalue weighted by atomic mass is 10.4. The first-order chi connectivity index (χ1) is 10.9. The lowest BCUT2D eigenvalue weighted by Gasteiger charge is -2.05. The number of nitro groups is 1. The predicted molar refractivity (Wildman–Crippen MR) is 86.2 cm³/mol. The first kappa shape index (κ1) is 17.4. The quantitative estimate of drug-likeness (QED) is 0.430. The number of carbonyl (C=O) groups is 1. The Morgan fingerprint density at radius 3 is 2.87 bits per heavy atom. The fraction of sp³-hybridized carbons (Fsp3) is 0.417. The van der Waals surface area contributed by atoms with Crippen molar-refractivity contribution in [1.29, 1.82) is 0 Å². The van der Waals surface area contributed by atoms with Gasteiger partial charge < -0.3 is 15.4 Å². The van der Waals surface area contributed by atoms with Crippen molar-refractivity contribution in [3.8, 4) is 0 Å². The summed E-state index contributed by atoms with van der Waals surface area (Å²) in [6.45, 7) is 2.66. The molecule has 0 saturated heterocycles. The molecule has 0 aliphatic rings. The van der Waals surface area contributed by atoms with Gasteiger partial charge in [0.15, 0.2) is 0 Å². The van der Waals surface area contributed by atoms with Crippen LogP contribution in [-0.2, 0) is 17.9 Å². The summed E-state index contributed by atoms with van der Waals surface area (Å²) >= 11 is 8.86. The summed E-state index contributed by atoms with van der Waals surface area (Å²) in [5.41, 5.74) is 0.526. The molecule has 1 N–H and O–H groups in total. The average molecular weight is 406 g/mol. The molecule has 0 atom stereocenters. The van der Waals surface area contributed by atoms with Crippen molar-refractivity contribution in [3.63, 3.8) is 0 Å². The number of hydrogen-bond acceptors (Lipinski definition) is 5. The summed E-state index contributed by atoms with van der Waals surface area (Å²) in [5, 5.41) is 21.9. The summed E-state index contributed by atoms with van der Waals surface area (Å²) in [5.74, 6) is -0.567. The normalized spacial score (nSPS) is 10.7. The first-order valence-corrected chi connectivity index (χ1v) is 7.87. The number of hydrogen-bond donors (Lipinski definition) is 1. The second kappa shape index (κ2) is 7.55. The lowest BCUT2D eigenvalue weighted by Crippen LogP contribution is -2.29. The van der Waals surface area contributed by atoms with Crippen LogP contribution in [0.3, 0.4) is 0 Å². The zero-order valence-electron chi connectivity index (χ0n) is 12.2. The second-order valence-electron chi connectivity index (χ2n) is 4.76. The number of carbonyl (C=O) groups excluding carboxylic acids is 1.